The summed E-state index contributed by atoms with van der Waals surface area (Å²) in [6.07, 6.45) is 1.89. The van der Waals surface area contributed by atoms with E-state index in [9.17, 15) is 14.4 Å². The Hall–Kier alpha value is -3.46. The highest BCUT2D eigenvalue weighted by Crippen LogP contribution is 2.40. The van der Waals surface area contributed by atoms with Gasteiger partial charge in [-0.05, 0) is 31.9 Å². The van der Waals surface area contributed by atoms with Crippen molar-refractivity contribution in [2.75, 3.05) is 5.32 Å². The predicted octanol–water partition coefficient (Wildman–Crippen LogP) is 2.07. The Morgan fingerprint density at radius 1 is 1.23 bits per heavy atom. The van der Waals surface area contributed by atoms with Crippen molar-refractivity contribution in [1.29, 1.82) is 0 Å². The molecule has 30 heavy (non-hydrogen) atoms. The second-order valence-corrected chi connectivity index (χ2v) is 7.84. The van der Waals surface area contributed by atoms with E-state index < -0.39 is 12.2 Å². The van der Waals surface area contributed by atoms with Crippen LogP contribution in [0.25, 0.3) is 11.0 Å². The van der Waals surface area contributed by atoms with Crippen LogP contribution in [0.2, 0.25) is 0 Å². The van der Waals surface area contributed by atoms with Gasteiger partial charge in [0.05, 0.1) is 11.1 Å². The predicted molar refractivity (Wildman–Crippen MR) is 109 cm³/mol. The number of amides is 2. The summed E-state index contributed by atoms with van der Waals surface area (Å²) >= 11 is 0. The van der Waals surface area contributed by atoms with Crippen molar-refractivity contribution in [2.45, 2.75) is 44.4 Å². The summed E-state index contributed by atoms with van der Waals surface area (Å²) in [6, 6.07) is 9.74. The highest BCUT2D eigenvalue weighted by Gasteiger charge is 2.32. The van der Waals surface area contributed by atoms with E-state index in [0.717, 1.165) is 18.5 Å². The number of hydrogen-bond donors (Lipinski definition) is 3. The second-order valence-electron chi connectivity index (χ2n) is 7.84. The molecule has 9 nitrogen and oxygen atoms in total. The first kappa shape index (κ1) is 18.6. The highest BCUT2D eigenvalue weighted by molar-refractivity contribution is 6.02. The second kappa shape index (κ2) is 7.10. The summed E-state index contributed by atoms with van der Waals surface area (Å²) < 4.78 is 7.20. The number of hydrogen-bond acceptors (Lipinski definition) is 6. The van der Waals surface area contributed by atoms with E-state index in [-0.39, 0.29) is 23.1 Å². The fraction of sp³-hybridized carbons (Fsp3) is 0.333. The van der Waals surface area contributed by atoms with Gasteiger partial charge in [0.15, 0.2) is 17.5 Å². The minimum Gasteiger partial charge on any atom is -0.451 e. The monoisotopic (exact) mass is 407 g/mol. The van der Waals surface area contributed by atoms with E-state index in [1.54, 1.807) is 28.9 Å². The van der Waals surface area contributed by atoms with Gasteiger partial charge >= 0.3 is 0 Å². The van der Waals surface area contributed by atoms with Gasteiger partial charge in [-0.3, -0.25) is 19.7 Å². The van der Waals surface area contributed by atoms with Crippen LogP contribution in [0.5, 0.6) is 0 Å². The lowest BCUT2D eigenvalue weighted by Crippen LogP contribution is -2.52. The van der Waals surface area contributed by atoms with E-state index in [1.165, 1.54) is 6.07 Å². The number of aromatic nitrogens is 2. The molecule has 0 spiro atoms. The van der Waals surface area contributed by atoms with Crippen LogP contribution in [-0.2, 0) is 4.79 Å². The maximum absolute atomic E-state index is 12.9. The van der Waals surface area contributed by atoms with Gasteiger partial charge in [0.1, 0.15) is 11.4 Å². The summed E-state index contributed by atoms with van der Waals surface area (Å²) in [6.45, 7) is 1.92. The fourth-order valence-electron chi connectivity index (χ4n) is 3.67. The molecule has 1 saturated carbocycles. The smallest absolute Gasteiger partial charge is 0.292 e. The molecule has 2 unspecified atom stereocenters. The van der Waals surface area contributed by atoms with Crippen molar-refractivity contribution in [3.05, 3.63) is 58.1 Å². The van der Waals surface area contributed by atoms with Gasteiger partial charge < -0.3 is 15.1 Å². The normalized spacial score (nSPS) is 21.4. The van der Waals surface area contributed by atoms with Crippen LogP contribution >= 0.6 is 0 Å². The fourth-order valence-corrected chi connectivity index (χ4v) is 3.67. The molecule has 1 aliphatic carbocycles. The number of nitrogens with zero attached hydrogens (tertiary/aromatic N) is 2. The Bertz CT molecular complexity index is 1210. The number of rotatable bonds is 4. The molecule has 154 valence electrons. The average molecular weight is 407 g/mol. The molecular weight excluding hydrogens is 386 g/mol. The Balaban J connectivity index is 1.47. The first-order valence-electron chi connectivity index (χ1n) is 9.97. The highest BCUT2D eigenvalue weighted by atomic mass is 16.3. The first-order valence-corrected chi connectivity index (χ1v) is 9.97. The van der Waals surface area contributed by atoms with Crippen molar-refractivity contribution < 1.29 is 14.0 Å². The zero-order chi connectivity index (χ0) is 20.8. The lowest BCUT2D eigenvalue weighted by molar-refractivity contribution is -0.125. The van der Waals surface area contributed by atoms with Gasteiger partial charge in [0.2, 0.25) is 5.91 Å². The molecule has 5 rings (SSSR count). The van der Waals surface area contributed by atoms with Gasteiger partial charge in [-0.15, -0.1) is 0 Å². The van der Waals surface area contributed by atoms with Crippen LogP contribution in [-0.4, -0.2) is 27.6 Å². The number of carbonyl (C=O) groups excluding carboxylic acids is 2. The van der Waals surface area contributed by atoms with Crippen LogP contribution < -0.4 is 21.4 Å². The molecule has 1 aliphatic heterocycles. The van der Waals surface area contributed by atoms with Crippen molar-refractivity contribution >= 4 is 28.6 Å². The number of nitrogens with one attached hydrogen (secondary N) is 3. The molecule has 2 aliphatic rings. The van der Waals surface area contributed by atoms with Crippen LogP contribution in [0.1, 0.15) is 54.6 Å². The van der Waals surface area contributed by atoms with Gasteiger partial charge in [-0.25, -0.2) is 4.68 Å². The molecular formula is C21H21N5O4. The molecule has 3 N–H and O–H groups in total. The maximum atomic E-state index is 12.9. The van der Waals surface area contributed by atoms with E-state index in [1.807, 2.05) is 13.0 Å². The van der Waals surface area contributed by atoms with Crippen molar-refractivity contribution in [3.8, 4) is 0 Å². The molecule has 3 aromatic rings. The number of anilines is 1. The molecule has 3 heterocycles. The molecule has 1 saturated heterocycles. The Morgan fingerprint density at radius 2 is 2.03 bits per heavy atom. The molecule has 2 fully saturated rings. The number of carbonyl (C=O) groups is 2. The summed E-state index contributed by atoms with van der Waals surface area (Å²) in [5.74, 6) is 0.0410. The Labute approximate surface area is 171 Å². The quantitative estimate of drug-likeness (QED) is 0.609. The van der Waals surface area contributed by atoms with Crippen molar-refractivity contribution in [1.82, 2.24) is 20.4 Å². The Kier molecular flexibility index (Phi) is 4.39. The van der Waals surface area contributed by atoms with E-state index in [4.69, 9.17) is 4.42 Å². The molecule has 1 aromatic carbocycles. The van der Waals surface area contributed by atoms with Gasteiger partial charge in [0.25, 0.3) is 5.91 Å². The third kappa shape index (κ3) is 3.48. The molecule has 0 radical (unpaired) electrons. The third-order valence-electron chi connectivity index (χ3n) is 5.33. The number of fused-ring (bicyclic) bond motifs is 1. The molecule has 0 bridgehead atoms. The topological polar surface area (TPSA) is 118 Å². The van der Waals surface area contributed by atoms with E-state index >= 15 is 0 Å². The van der Waals surface area contributed by atoms with Crippen LogP contribution in [0, 0.1) is 0 Å². The number of para-hydroxylation sites is 1. The number of benzene rings is 1. The van der Waals surface area contributed by atoms with E-state index in [0.29, 0.717) is 29.1 Å². The van der Waals surface area contributed by atoms with Gasteiger partial charge in [-0.2, -0.15) is 5.10 Å². The van der Waals surface area contributed by atoms with Gasteiger partial charge in [-0.1, -0.05) is 12.1 Å². The minimum absolute atomic E-state index is 0.0283. The standard InChI is InChI=1S/C21H21N5O4/c1-11-8-19(28)24-21(22-11)26-18(9-14(25-26)12-6-7-12)23-20(29)17-10-15(27)13-4-2-3-5-16(13)30-17/h2-5,9-12,21-22H,6-8H2,1H3,(H,23,29)(H,24,28). The third-order valence-corrected chi connectivity index (χ3v) is 5.33. The summed E-state index contributed by atoms with van der Waals surface area (Å²) in [7, 11) is 0. The Morgan fingerprint density at radius 3 is 2.80 bits per heavy atom. The maximum Gasteiger partial charge on any atom is 0.292 e. The molecule has 2 atom stereocenters. The van der Waals surface area contributed by atoms with E-state index in [2.05, 4.69) is 21.0 Å². The van der Waals surface area contributed by atoms with Crippen LogP contribution in [0.4, 0.5) is 5.82 Å². The largest absolute Gasteiger partial charge is 0.451 e. The molecule has 2 amide bonds. The van der Waals surface area contributed by atoms with Crippen LogP contribution in [0.15, 0.2) is 45.6 Å². The first-order chi connectivity index (χ1) is 14.5. The van der Waals surface area contributed by atoms with Crippen molar-refractivity contribution in [2.24, 2.45) is 0 Å². The van der Waals surface area contributed by atoms with Crippen LogP contribution in [0.3, 0.4) is 0 Å². The minimum atomic E-state index is -0.576. The zero-order valence-electron chi connectivity index (χ0n) is 16.3. The SMILES string of the molecule is CC1CC(=O)NC(n2nc(C3CC3)cc2NC(=O)c2cc(=O)c3ccccc3o2)N1. The lowest BCUT2D eigenvalue weighted by Gasteiger charge is -2.30. The molecule has 2 aromatic heterocycles. The van der Waals surface area contributed by atoms with Gasteiger partial charge in [0, 0.05) is 30.5 Å². The lowest BCUT2D eigenvalue weighted by atomic mass is 10.2. The summed E-state index contributed by atoms with van der Waals surface area (Å²) in [5.41, 5.74) is 0.918. The molecule has 9 heteroatoms. The zero-order valence-corrected chi connectivity index (χ0v) is 16.3. The summed E-state index contributed by atoms with van der Waals surface area (Å²) in [5, 5.41) is 13.9. The van der Waals surface area contributed by atoms with Crippen molar-refractivity contribution in [3.63, 3.8) is 0 Å². The summed E-state index contributed by atoms with van der Waals surface area (Å²) in [4.78, 5) is 37.2. The average Bonchev–Trinajstić information content (AvgIpc) is 3.48.